The minimum Gasteiger partial charge on any atom is -0.450 e. The molecule has 2 heterocycles. The van der Waals surface area contributed by atoms with Gasteiger partial charge in [0.1, 0.15) is 10.7 Å². The number of aryl methyl sites for hydroxylation is 1. The van der Waals surface area contributed by atoms with Crippen molar-refractivity contribution in [2.75, 3.05) is 28.7 Å². The lowest BCUT2D eigenvalue weighted by Gasteiger charge is -2.17. The first-order valence-electron chi connectivity index (χ1n) is 10.6. The highest BCUT2D eigenvalue weighted by Crippen LogP contribution is 2.37. The molecule has 0 radical (unpaired) electrons. The number of rotatable bonds is 6. The first-order valence-corrected chi connectivity index (χ1v) is 11.4. The molecule has 8 nitrogen and oxygen atoms in total. The molecular formula is C24H24N4O4S. The van der Waals surface area contributed by atoms with Gasteiger partial charge in [-0.15, -0.1) is 0 Å². The summed E-state index contributed by atoms with van der Waals surface area (Å²) >= 11 is 1.14. The maximum Gasteiger partial charge on any atom is 0.413 e. The van der Waals surface area contributed by atoms with Gasteiger partial charge in [-0.1, -0.05) is 59.4 Å². The van der Waals surface area contributed by atoms with Gasteiger partial charge in [-0.3, -0.25) is 14.9 Å². The molecule has 1 saturated heterocycles. The summed E-state index contributed by atoms with van der Waals surface area (Å²) in [5.41, 5.74) is 3.22. The highest BCUT2D eigenvalue weighted by Gasteiger charge is 2.35. The Morgan fingerprint density at radius 1 is 1.12 bits per heavy atom. The van der Waals surface area contributed by atoms with Crippen LogP contribution < -0.4 is 15.5 Å². The lowest BCUT2D eigenvalue weighted by atomic mass is 10.1. The Hall–Kier alpha value is -3.72. The van der Waals surface area contributed by atoms with Crippen LogP contribution in [0.4, 0.5) is 20.6 Å². The average Bonchev–Trinajstić information content (AvgIpc) is 3.38. The molecule has 4 rings (SSSR count). The molecule has 9 heteroatoms. The number of nitrogens with zero attached hydrogens (tertiary/aromatic N) is 2. The van der Waals surface area contributed by atoms with Crippen LogP contribution in [0.15, 0.2) is 54.6 Å². The van der Waals surface area contributed by atoms with Crippen LogP contribution in [-0.4, -0.2) is 36.0 Å². The van der Waals surface area contributed by atoms with E-state index in [0.29, 0.717) is 22.4 Å². The lowest BCUT2D eigenvalue weighted by molar-refractivity contribution is -0.122. The van der Waals surface area contributed by atoms with Crippen LogP contribution in [0.3, 0.4) is 0 Å². The van der Waals surface area contributed by atoms with Crippen LogP contribution in [0.2, 0.25) is 0 Å². The van der Waals surface area contributed by atoms with Crippen molar-refractivity contribution in [3.63, 3.8) is 0 Å². The Morgan fingerprint density at radius 3 is 2.55 bits per heavy atom. The van der Waals surface area contributed by atoms with E-state index in [2.05, 4.69) is 15.6 Å². The summed E-state index contributed by atoms with van der Waals surface area (Å²) in [5.74, 6) is -0.844. The molecular weight excluding hydrogens is 440 g/mol. The summed E-state index contributed by atoms with van der Waals surface area (Å²) in [5, 5.41) is 6.32. The summed E-state index contributed by atoms with van der Waals surface area (Å²) in [7, 11) is 0. The van der Waals surface area contributed by atoms with Crippen LogP contribution in [0.5, 0.6) is 0 Å². The maximum atomic E-state index is 13.1. The van der Waals surface area contributed by atoms with E-state index in [1.165, 1.54) is 0 Å². The summed E-state index contributed by atoms with van der Waals surface area (Å²) < 4.78 is 4.92. The minimum absolute atomic E-state index is 0.0868. The zero-order valence-electron chi connectivity index (χ0n) is 18.3. The number of carbonyl (C=O) groups is 3. The molecule has 1 fully saturated rings. The van der Waals surface area contributed by atoms with E-state index in [1.807, 2.05) is 61.5 Å². The number of hydrogen-bond donors (Lipinski definition) is 2. The molecule has 1 unspecified atom stereocenters. The second-order valence-electron chi connectivity index (χ2n) is 7.64. The second kappa shape index (κ2) is 9.83. The maximum absolute atomic E-state index is 13.1. The molecule has 33 heavy (non-hydrogen) atoms. The fourth-order valence-electron chi connectivity index (χ4n) is 3.58. The van der Waals surface area contributed by atoms with Crippen LogP contribution >= 0.6 is 11.3 Å². The number of aromatic nitrogens is 1. The smallest absolute Gasteiger partial charge is 0.413 e. The van der Waals surface area contributed by atoms with Gasteiger partial charge in [-0.2, -0.15) is 0 Å². The summed E-state index contributed by atoms with van der Waals surface area (Å²) in [6, 6.07) is 17.0. The van der Waals surface area contributed by atoms with Gasteiger partial charge in [0.05, 0.1) is 12.5 Å². The third-order valence-electron chi connectivity index (χ3n) is 5.24. The van der Waals surface area contributed by atoms with E-state index in [-0.39, 0.29) is 24.8 Å². The quantitative estimate of drug-likeness (QED) is 0.552. The summed E-state index contributed by atoms with van der Waals surface area (Å²) in [6.07, 6.45) is -0.480. The van der Waals surface area contributed by atoms with Gasteiger partial charge in [-0.05, 0) is 26.0 Å². The number of carbonyl (C=O) groups excluding carboxylic acids is 3. The van der Waals surface area contributed by atoms with Gasteiger partial charge >= 0.3 is 6.09 Å². The van der Waals surface area contributed by atoms with Crippen LogP contribution in [0, 0.1) is 12.8 Å². The first-order chi connectivity index (χ1) is 15.9. The molecule has 1 atom stereocenters. The Labute approximate surface area is 195 Å². The van der Waals surface area contributed by atoms with Gasteiger partial charge in [0.2, 0.25) is 11.8 Å². The third kappa shape index (κ3) is 5.20. The molecule has 2 aromatic carbocycles. The van der Waals surface area contributed by atoms with Gasteiger partial charge in [-0.25, -0.2) is 9.78 Å². The normalized spacial score (nSPS) is 15.4. The Kier molecular flexibility index (Phi) is 6.69. The van der Waals surface area contributed by atoms with E-state index < -0.39 is 12.0 Å². The highest BCUT2D eigenvalue weighted by molar-refractivity contribution is 7.20. The molecule has 0 bridgehead atoms. The predicted octanol–water partition coefficient (Wildman–Crippen LogP) is 4.68. The average molecular weight is 465 g/mol. The molecule has 1 aliphatic rings. The number of thiazole rings is 1. The molecule has 0 aliphatic carbocycles. The van der Waals surface area contributed by atoms with Crippen molar-refractivity contribution < 1.29 is 19.1 Å². The Morgan fingerprint density at radius 2 is 1.85 bits per heavy atom. The van der Waals surface area contributed by atoms with Gasteiger partial charge in [0.15, 0.2) is 5.13 Å². The van der Waals surface area contributed by atoms with E-state index in [0.717, 1.165) is 28.2 Å². The zero-order valence-corrected chi connectivity index (χ0v) is 19.1. The van der Waals surface area contributed by atoms with Crippen molar-refractivity contribution in [3.8, 4) is 11.3 Å². The van der Waals surface area contributed by atoms with E-state index in [4.69, 9.17) is 4.74 Å². The zero-order chi connectivity index (χ0) is 23.4. The van der Waals surface area contributed by atoms with Crippen molar-refractivity contribution in [3.05, 3.63) is 60.2 Å². The number of nitrogens with one attached hydrogen (secondary N) is 2. The number of benzene rings is 2. The number of anilines is 3. The topological polar surface area (TPSA) is 101 Å². The molecule has 1 aliphatic heterocycles. The molecule has 170 valence electrons. The largest absolute Gasteiger partial charge is 0.450 e. The van der Waals surface area contributed by atoms with Crippen molar-refractivity contribution in [1.29, 1.82) is 0 Å². The van der Waals surface area contributed by atoms with Gasteiger partial charge < -0.3 is 15.0 Å². The number of amides is 3. The lowest BCUT2D eigenvalue weighted by Crippen LogP contribution is -2.28. The monoisotopic (exact) mass is 464 g/mol. The van der Waals surface area contributed by atoms with E-state index in [1.54, 1.807) is 11.8 Å². The van der Waals surface area contributed by atoms with Gasteiger partial charge in [0.25, 0.3) is 0 Å². The third-order valence-corrected chi connectivity index (χ3v) is 6.12. The van der Waals surface area contributed by atoms with Crippen LogP contribution in [0.1, 0.15) is 18.9 Å². The Bertz CT molecular complexity index is 1160. The minimum atomic E-state index is -0.612. The molecule has 3 amide bonds. The molecule has 1 aromatic heterocycles. The van der Waals surface area contributed by atoms with Crippen LogP contribution in [-0.2, 0) is 14.3 Å². The molecule has 2 N–H and O–H groups in total. The van der Waals surface area contributed by atoms with Crippen molar-refractivity contribution >= 4 is 45.1 Å². The van der Waals surface area contributed by atoms with Crippen molar-refractivity contribution in [2.24, 2.45) is 5.92 Å². The first kappa shape index (κ1) is 22.5. The molecule has 3 aromatic rings. The molecule has 0 saturated carbocycles. The predicted molar refractivity (Wildman–Crippen MR) is 128 cm³/mol. The fraction of sp³-hybridized carbons (Fsp3) is 0.250. The van der Waals surface area contributed by atoms with Gasteiger partial charge in [0, 0.05) is 24.2 Å². The highest BCUT2D eigenvalue weighted by atomic mass is 32.1. The molecule has 0 spiro atoms. The van der Waals surface area contributed by atoms with Crippen LogP contribution in [0.25, 0.3) is 11.3 Å². The summed E-state index contributed by atoms with van der Waals surface area (Å²) in [4.78, 5) is 43.6. The standard InChI is InChI=1S/C24H24N4O4S/c1-3-32-24(31)27-23-25-20(16-7-5-4-6-8-16)22(33-23)26-21(30)17-13-19(29)28(14-17)18-11-9-15(2)10-12-18/h4-12,17H,3,13-14H2,1-2H3,(H,26,30)(H,25,27,31). The number of ether oxygens (including phenoxy) is 1. The summed E-state index contributed by atoms with van der Waals surface area (Å²) in [6.45, 7) is 4.24. The van der Waals surface area contributed by atoms with E-state index >= 15 is 0 Å². The second-order valence-corrected chi connectivity index (χ2v) is 8.64. The fourth-order valence-corrected chi connectivity index (χ4v) is 4.45. The SMILES string of the molecule is CCOC(=O)Nc1nc(-c2ccccc2)c(NC(=O)C2CC(=O)N(c3ccc(C)cc3)C2)s1. The van der Waals surface area contributed by atoms with Crippen molar-refractivity contribution in [1.82, 2.24) is 4.98 Å². The number of hydrogen-bond acceptors (Lipinski definition) is 6. The van der Waals surface area contributed by atoms with Crippen molar-refractivity contribution in [2.45, 2.75) is 20.3 Å². The Balaban J connectivity index is 1.53. The van der Waals surface area contributed by atoms with E-state index in [9.17, 15) is 14.4 Å².